The molecule has 0 aliphatic heterocycles. The van der Waals surface area contributed by atoms with Crippen LogP contribution in [0.3, 0.4) is 0 Å². The molecular formula is C22H21Cl2F3N6O4S2. The number of amides is 3. The molecule has 0 atom stereocenters. The topological polar surface area (TPSA) is 141 Å². The van der Waals surface area contributed by atoms with Gasteiger partial charge in [0.15, 0.2) is 0 Å². The summed E-state index contributed by atoms with van der Waals surface area (Å²) in [6.45, 7) is 0.192. The summed E-state index contributed by atoms with van der Waals surface area (Å²) in [5.74, 6) is -0.614. The lowest BCUT2D eigenvalue weighted by atomic mass is 10.2. The third kappa shape index (κ3) is 9.25. The second kappa shape index (κ2) is 13.3. The zero-order chi connectivity index (χ0) is 28.6. The van der Waals surface area contributed by atoms with Gasteiger partial charge >= 0.3 is 12.2 Å². The molecular weight excluding hydrogens is 604 g/mol. The van der Waals surface area contributed by atoms with E-state index in [0.717, 1.165) is 17.4 Å². The van der Waals surface area contributed by atoms with E-state index in [2.05, 4.69) is 26.4 Å². The summed E-state index contributed by atoms with van der Waals surface area (Å²) in [5, 5.41) is 8.02. The van der Waals surface area contributed by atoms with Crippen LogP contribution in [-0.2, 0) is 27.5 Å². The molecule has 0 radical (unpaired) electrons. The van der Waals surface area contributed by atoms with Crippen LogP contribution in [0.5, 0.6) is 0 Å². The van der Waals surface area contributed by atoms with Gasteiger partial charge in [0.1, 0.15) is 10.0 Å². The summed E-state index contributed by atoms with van der Waals surface area (Å²) in [6.07, 6.45) is -3.83. The zero-order valence-electron chi connectivity index (χ0n) is 19.7. The lowest BCUT2D eigenvalue weighted by Gasteiger charge is -2.11. The minimum atomic E-state index is -4.57. The highest BCUT2D eigenvalue weighted by atomic mass is 35.5. The SMILES string of the molecule is O=C(CCCNc1ncc(C(F)(F)F)cc1Cl)NNS(=O)(=O)c1ccc(CNC(=O)Nc2ccccc2Cl)s1. The molecule has 3 amide bonds. The zero-order valence-corrected chi connectivity index (χ0v) is 22.9. The van der Waals surface area contributed by atoms with Crippen LogP contribution in [0.15, 0.2) is 52.9 Å². The van der Waals surface area contributed by atoms with Crippen molar-refractivity contribution in [2.24, 2.45) is 0 Å². The quantitative estimate of drug-likeness (QED) is 0.150. The second-order valence-electron chi connectivity index (χ2n) is 7.74. The largest absolute Gasteiger partial charge is 0.417 e. The molecule has 2 heterocycles. The first kappa shape index (κ1) is 30.4. The summed E-state index contributed by atoms with van der Waals surface area (Å²) >= 11 is 12.7. The Labute approximate surface area is 235 Å². The van der Waals surface area contributed by atoms with E-state index in [0.29, 0.717) is 21.8 Å². The van der Waals surface area contributed by atoms with Crippen molar-refractivity contribution in [2.75, 3.05) is 17.2 Å². The number of thiophene rings is 1. The number of rotatable bonds is 11. The molecule has 0 saturated heterocycles. The van der Waals surface area contributed by atoms with Gasteiger partial charge in [-0.2, -0.15) is 13.2 Å². The maximum atomic E-state index is 12.7. The number of nitrogens with zero attached hydrogens (tertiary/aromatic N) is 1. The van der Waals surface area contributed by atoms with Crippen molar-refractivity contribution in [1.29, 1.82) is 0 Å². The lowest BCUT2D eigenvalue weighted by Crippen LogP contribution is -2.41. The number of hydrazine groups is 1. The fourth-order valence-corrected chi connectivity index (χ4v) is 5.48. The summed E-state index contributed by atoms with van der Waals surface area (Å²) in [4.78, 5) is 30.2. The number of benzene rings is 1. The standard InChI is InChI=1S/C22H21Cl2F3N6O4S2/c23-15-4-1-2-5-17(15)31-21(35)30-12-14-7-8-19(38-14)39(36,37)33-32-18(34)6-3-9-28-20-16(24)10-13(11-29-20)22(25,26)27/h1-2,4-5,7-8,10-11,33H,3,6,9,12H2,(H,28,29)(H,32,34)(H2,30,31,35). The van der Waals surface area contributed by atoms with Gasteiger partial charge in [0.05, 0.1) is 27.8 Å². The summed E-state index contributed by atoms with van der Waals surface area (Å²) < 4.78 is 62.9. The first-order valence-electron chi connectivity index (χ1n) is 11.0. The average molecular weight is 625 g/mol. The number of halogens is 5. The maximum Gasteiger partial charge on any atom is 0.417 e. The lowest BCUT2D eigenvalue weighted by molar-refractivity contribution is -0.137. The second-order valence-corrected chi connectivity index (χ2v) is 11.6. The summed E-state index contributed by atoms with van der Waals surface area (Å²) in [7, 11) is -4.07. The number of pyridine rings is 1. The van der Waals surface area contributed by atoms with Crippen molar-refractivity contribution in [1.82, 2.24) is 20.6 Å². The van der Waals surface area contributed by atoms with Gasteiger partial charge in [0.2, 0.25) is 5.91 Å². The van der Waals surface area contributed by atoms with Crippen LogP contribution in [-0.4, -0.2) is 31.9 Å². The highest BCUT2D eigenvalue weighted by Gasteiger charge is 2.31. The van der Waals surface area contributed by atoms with E-state index >= 15 is 0 Å². The number of hydrogen-bond acceptors (Lipinski definition) is 7. The molecule has 10 nitrogen and oxygen atoms in total. The molecule has 3 aromatic rings. The summed E-state index contributed by atoms with van der Waals surface area (Å²) in [6, 6.07) is 9.71. The Morgan fingerprint density at radius 2 is 1.79 bits per heavy atom. The third-order valence-electron chi connectivity index (χ3n) is 4.81. The van der Waals surface area contributed by atoms with Crippen molar-refractivity contribution in [3.05, 3.63) is 69.1 Å². The van der Waals surface area contributed by atoms with Crippen molar-refractivity contribution < 1.29 is 31.2 Å². The molecule has 0 fully saturated rings. The molecule has 0 bridgehead atoms. The fraction of sp³-hybridized carbons (Fsp3) is 0.227. The number of carbonyl (C=O) groups is 2. The Balaban J connectivity index is 1.39. The average Bonchev–Trinajstić information content (AvgIpc) is 3.36. The number of anilines is 2. The highest BCUT2D eigenvalue weighted by Crippen LogP contribution is 2.32. The van der Waals surface area contributed by atoms with E-state index in [-0.39, 0.29) is 41.0 Å². The van der Waals surface area contributed by atoms with Gasteiger partial charge in [-0.3, -0.25) is 10.2 Å². The van der Waals surface area contributed by atoms with Crippen LogP contribution < -0.4 is 26.2 Å². The number of aromatic nitrogens is 1. The Bertz CT molecular complexity index is 1440. The normalized spacial score (nSPS) is 11.6. The van der Waals surface area contributed by atoms with E-state index in [9.17, 15) is 31.2 Å². The van der Waals surface area contributed by atoms with Crippen LogP contribution in [0, 0.1) is 0 Å². The van der Waals surface area contributed by atoms with Gasteiger partial charge in [-0.1, -0.05) is 35.3 Å². The van der Waals surface area contributed by atoms with Crippen molar-refractivity contribution >= 4 is 68.0 Å². The molecule has 3 rings (SSSR count). The molecule has 17 heteroatoms. The molecule has 210 valence electrons. The number of alkyl halides is 3. The molecule has 39 heavy (non-hydrogen) atoms. The van der Waals surface area contributed by atoms with Crippen LogP contribution in [0.4, 0.5) is 29.5 Å². The van der Waals surface area contributed by atoms with Gasteiger partial charge in [-0.25, -0.2) is 18.2 Å². The highest BCUT2D eigenvalue weighted by molar-refractivity contribution is 7.91. The minimum Gasteiger partial charge on any atom is -0.369 e. The number of urea groups is 1. The van der Waals surface area contributed by atoms with Crippen molar-refractivity contribution in [3.8, 4) is 0 Å². The molecule has 1 aromatic carbocycles. The number of hydrogen-bond donors (Lipinski definition) is 5. The summed E-state index contributed by atoms with van der Waals surface area (Å²) in [5.41, 5.74) is 1.52. The maximum absolute atomic E-state index is 12.7. The number of para-hydroxylation sites is 1. The molecule has 0 aliphatic carbocycles. The first-order valence-corrected chi connectivity index (χ1v) is 14.1. The molecule has 0 unspecified atom stereocenters. The first-order chi connectivity index (χ1) is 18.3. The van der Waals surface area contributed by atoms with E-state index in [1.807, 2.05) is 4.83 Å². The van der Waals surface area contributed by atoms with Crippen LogP contribution in [0.1, 0.15) is 23.3 Å². The molecule has 0 saturated carbocycles. The predicted molar refractivity (Wildman–Crippen MR) is 142 cm³/mol. The molecule has 5 N–H and O–H groups in total. The van der Waals surface area contributed by atoms with Crippen molar-refractivity contribution in [2.45, 2.75) is 29.8 Å². The molecule has 0 spiro atoms. The monoisotopic (exact) mass is 624 g/mol. The van der Waals surface area contributed by atoms with Gasteiger partial charge in [0, 0.05) is 24.0 Å². The van der Waals surface area contributed by atoms with Gasteiger partial charge in [0.25, 0.3) is 10.0 Å². The van der Waals surface area contributed by atoms with Gasteiger partial charge in [-0.15, -0.1) is 16.2 Å². The molecule has 0 aliphatic rings. The van der Waals surface area contributed by atoms with Crippen LogP contribution in [0.25, 0.3) is 0 Å². The Hall–Kier alpha value is -3.11. The van der Waals surface area contributed by atoms with Crippen LogP contribution in [0.2, 0.25) is 10.0 Å². The number of sulfonamides is 1. The smallest absolute Gasteiger partial charge is 0.369 e. The predicted octanol–water partition coefficient (Wildman–Crippen LogP) is 4.99. The van der Waals surface area contributed by atoms with E-state index in [1.165, 1.54) is 12.1 Å². The van der Waals surface area contributed by atoms with Gasteiger partial charge in [-0.05, 0) is 36.8 Å². The van der Waals surface area contributed by atoms with E-state index < -0.39 is 33.7 Å². The number of nitrogens with one attached hydrogen (secondary N) is 5. The van der Waals surface area contributed by atoms with E-state index in [1.54, 1.807) is 24.3 Å². The van der Waals surface area contributed by atoms with Crippen LogP contribution >= 0.6 is 34.5 Å². The minimum absolute atomic E-state index is 0.0233. The molecule has 2 aromatic heterocycles. The van der Waals surface area contributed by atoms with E-state index in [4.69, 9.17) is 23.2 Å². The van der Waals surface area contributed by atoms with Crippen molar-refractivity contribution in [3.63, 3.8) is 0 Å². The Morgan fingerprint density at radius 1 is 1.05 bits per heavy atom. The Morgan fingerprint density at radius 3 is 2.49 bits per heavy atom. The number of carbonyl (C=O) groups excluding carboxylic acids is 2. The van der Waals surface area contributed by atoms with Gasteiger partial charge < -0.3 is 16.0 Å². The third-order valence-corrected chi connectivity index (χ3v) is 8.26. The fourth-order valence-electron chi connectivity index (χ4n) is 2.91. The Kier molecular flexibility index (Phi) is 10.4.